The highest BCUT2D eigenvalue weighted by molar-refractivity contribution is 7.99. The summed E-state index contributed by atoms with van der Waals surface area (Å²) in [5.41, 5.74) is 6.17. The summed E-state index contributed by atoms with van der Waals surface area (Å²) in [6.45, 7) is 8.62. The summed E-state index contributed by atoms with van der Waals surface area (Å²) in [7, 11) is 0. The van der Waals surface area contributed by atoms with Gasteiger partial charge in [0, 0.05) is 11.4 Å². The Morgan fingerprint density at radius 1 is 1.43 bits per heavy atom. The first-order chi connectivity index (χ1) is 9.81. The molecule has 0 aromatic carbocycles. The first-order valence-electron chi connectivity index (χ1n) is 6.73. The molecule has 0 aliphatic carbocycles. The van der Waals surface area contributed by atoms with E-state index in [-0.39, 0.29) is 11.3 Å². The van der Waals surface area contributed by atoms with Crippen molar-refractivity contribution in [3.63, 3.8) is 0 Å². The lowest BCUT2D eigenvalue weighted by atomic mass is 10.2. The van der Waals surface area contributed by atoms with Gasteiger partial charge in [0.15, 0.2) is 5.16 Å². The molecule has 0 saturated heterocycles. The van der Waals surface area contributed by atoms with E-state index in [4.69, 9.17) is 5.73 Å². The third kappa shape index (κ3) is 3.29. The molecule has 5 nitrogen and oxygen atoms in total. The van der Waals surface area contributed by atoms with Crippen LogP contribution in [-0.4, -0.2) is 21.2 Å². The fourth-order valence-electron chi connectivity index (χ4n) is 2.08. The van der Waals surface area contributed by atoms with E-state index in [1.807, 2.05) is 27.7 Å². The SMILES string of the molecule is Cc1sc2nc(SCC(N)=O)n(CC(C)C)c(=O)c2c1C. The molecule has 0 fully saturated rings. The van der Waals surface area contributed by atoms with Gasteiger partial charge >= 0.3 is 0 Å². The first-order valence-corrected chi connectivity index (χ1v) is 8.53. The average Bonchev–Trinajstić information content (AvgIpc) is 2.66. The quantitative estimate of drug-likeness (QED) is 0.676. The van der Waals surface area contributed by atoms with Gasteiger partial charge in [0.05, 0.1) is 11.1 Å². The van der Waals surface area contributed by atoms with E-state index in [0.717, 1.165) is 15.3 Å². The second-order valence-electron chi connectivity index (χ2n) is 5.42. The molecular weight excluding hydrogens is 306 g/mol. The topological polar surface area (TPSA) is 78.0 Å². The van der Waals surface area contributed by atoms with Crippen molar-refractivity contribution in [2.24, 2.45) is 11.7 Å². The van der Waals surface area contributed by atoms with Crippen molar-refractivity contribution in [2.75, 3.05) is 5.75 Å². The Morgan fingerprint density at radius 3 is 2.67 bits per heavy atom. The Balaban J connectivity index is 2.64. The Kier molecular flexibility index (Phi) is 4.73. The Labute approximate surface area is 131 Å². The van der Waals surface area contributed by atoms with Gasteiger partial charge in [-0.25, -0.2) is 4.98 Å². The molecule has 0 unspecified atom stereocenters. The standard InChI is InChI=1S/C14H19N3O2S2/c1-7(2)5-17-13(19)11-8(3)9(4)21-12(11)16-14(17)20-6-10(15)18/h7H,5-6H2,1-4H3,(H2,15,18). The molecule has 0 radical (unpaired) electrons. The van der Waals surface area contributed by atoms with E-state index in [1.165, 1.54) is 23.1 Å². The minimum atomic E-state index is -0.413. The highest BCUT2D eigenvalue weighted by Gasteiger charge is 2.17. The van der Waals surface area contributed by atoms with Gasteiger partial charge in [-0.3, -0.25) is 14.2 Å². The molecule has 0 aliphatic rings. The summed E-state index contributed by atoms with van der Waals surface area (Å²) < 4.78 is 1.67. The van der Waals surface area contributed by atoms with E-state index in [1.54, 1.807) is 4.57 Å². The zero-order chi connectivity index (χ0) is 15.7. The number of primary amides is 1. The number of carbonyl (C=O) groups is 1. The number of hydrogen-bond acceptors (Lipinski definition) is 5. The molecule has 114 valence electrons. The van der Waals surface area contributed by atoms with Crippen LogP contribution in [0.5, 0.6) is 0 Å². The van der Waals surface area contributed by atoms with Gasteiger partial charge in [-0.05, 0) is 25.3 Å². The van der Waals surface area contributed by atoms with Crippen LogP contribution in [0.1, 0.15) is 24.3 Å². The van der Waals surface area contributed by atoms with Crippen LogP contribution in [0.15, 0.2) is 9.95 Å². The first kappa shape index (κ1) is 16.0. The fraction of sp³-hybridized carbons (Fsp3) is 0.500. The average molecular weight is 325 g/mol. The number of thiophene rings is 1. The van der Waals surface area contributed by atoms with Gasteiger partial charge in [0.1, 0.15) is 4.83 Å². The number of nitrogens with two attached hydrogens (primary N) is 1. The van der Waals surface area contributed by atoms with Gasteiger partial charge in [0.2, 0.25) is 5.91 Å². The molecule has 21 heavy (non-hydrogen) atoms. The molecule has 1 amide bonds. The van der Waals surface area contributed by atoms with Gasteiger partial charge in [-0.2, -0.15) is 0 Å². The van der Waals surface area contributed by atoms with Crippen LogP contribution in [0.25, 0.3) is 10.2 Å². The summed E-state index contributed by atoms with van der Waals surface area (Å²) in [6.07, 6.45) is 0. The lowest BCUT2D eigenvalue weighted by molar-refractivity contribution is -0.115. The number of thioether (sulfide) groups is 1. The highest BCUT2D eigenvalue weighted by atomic mass is 32.2. The van der Waals surface area contributed by atoms with Crippen LogP contribution in [0.4, 0.5) is 0 Å². The lowest BCUT2D eigenvalue weighted by Gasteiger charge is -2.13. The molecule has 0 spiro atoms. The second-order valence-corrected chi connectivity index (χ2v) is 7.57. The molecule has 2 aromatic rings. The van der Waals surface area contributed by atoms with E-state index in [2.05, 4.69) is 4.98 Å². The number of nitrogens with zero attached hydrogens (tertiary/aromatic N) is 2. The number of aryl methyl sites for hydroxylation is 2. The Morgan fingerprint density at radius 2 is 2.10 bits per heavy atom. The maximum absolute atomic E-state index is 12.8. The minimum Gasteiger partial charge on any atom is -0.369 e. The highest BCUT2D eigenvalue weighted by Crippen LogP contribution is 2.28. The van der Waals surface area contributed by atoms with Crippen LogP contribution < -0.4 is 11.3 Å². The number of fused-ring (bicyclic) bond motifs is 1. The Hall–Kier alpha value is -1.34. The van der Waals surface area contributed by atoms with Gasteiger partial charge in [-0.1, -0.05) is 25.6 Å². The summed E-state index contributed by atoms with van der Waals surface area (Å²) in [6, 6.07) is 0. The summed E-state index contributed by atoms with van der Waals surface area (Å²) in [5.74, 6) is 0.0261. The Bertz CT molecular complexity index is 747. The van der Waals surface area contributed by atoms with Crippen molar-refractivity contribution in [1.82, 2.24) is 9.55 Å². The van der Waals surface area contributed by atoms with Crippen molar-refractivity contribution < 1.29 is 4.79 Å². The molecule has 2 N–H and O–H groups in total. The van der Waals surface area contributed by atoms with Crippen molar-refractivity contribution >= 4 is 39.2 Å². The van der Waals surface area contributed by atoms with Gasteiger partial charge in [0.25, 0.3) is 5.56 Å². The monoisotopic (exact) mass is 325 g/mol. The zero-order valence-electron chi connectivity index (χ0n) is 12.6. The minimum absolute atomic E-state index is 0.0254. The van der Waals surface area contributed by atoms with E-state index in [9.17, 15) is 9.59 Å². The molecule has 7 heteroatoms. The molecule has 0 saturated carbocycles. The van der Waals surface area contributed by atoms with Crippen LogP contribution in [-0.2, 0) is 11.3 Å². The molecule has 2 heterocycles. The van der Waals surface area contributed by atoms with Crippen LogP contribution in [0.3, 0.4) is 0 Å². The number of hydrogen-bond donors (Lipinski definition) is 1. The van der Waals surface area contributed by atoms with E-state index in [0.29, 0.717) is 23.0 Å². The predicted octanol–water partition coefficient (Wildman–Crippen LogP) is 2.31. The number of amides is 1. The molecular formula is C14H19N3O2S2. The van der Waals surface area contributed by atoms with Crippen molar-refractivity contribution in [3.05, 3.63) is 20.8 Å². The smallest absolute Gasteiger partial charge is 0.263 e. The number of carbonyl (C=O) groups excluding carboxylic acids is 1. The van der Waals surface area contributed by atoms with Crippen molar-refractivity contribution in [3.8, 4) is 0 Å². The maximum atomic E-state index is 12.8. The van der Waals surface area contributed by atoms with E-state index < -0.39 is 5.91 Å². The summed E-state index contributed by atoms with van der Waals surface area (Å²) >= 11 is 2.74. The molecule has 0 aliphatic heterocycles. The van der Waals surface area contributed by atoms with Gasteiger partial charge in [-0.15, -0.1) is 11.3 Å². The van der Waals surface area contributed by atoms with Crippen LogP contribution >= 0.6 is 23.1 Å². The molecule has 0 atom stereocenters. The molecule has 2 aromatic heterocycles. The molecule has 0 bridgehead atoms. The normalized spacial score (nSPS) is 11.5. The summed E-state index contributed by atoms with van der Waals surface area (Å²) in [5, 5.41) is 1.27. The zero-order valence-corrected chi connectivity index (χ0v) is 14.2. The second kappa shape index (κ2) is 6.19. The fourth-order valence-corrected chi connectivity index (χ4v) is 3.90. The van der Waals surface area contributed by atoms with Crippen molar-refractivity contribution in [2.45, 2.75) is 39.4 Å². The van der Waals surface area contributed by atoms with Crippen LogP contribution in [0.2, 0.25) is 0 Å². The number of aromatic nitrogens is 2. The van der Waals surface area contributed by atoms with E-state index >= 15 is 0 Å². The maximum Gasteiger partial charge on any atom is 0.263 e. The third-order valence-corrected chi connectivity index (χ3v) is 5.24. The largest absolute Gasteiger partial charge is 0.369 e. The van der Waals surface area contributed by atoms with Crippen LogP contribution in [0, 0.1) is 19.8 Å². The number of rotatable bonds is 5. The summed E-state index contributed by atoms with van der Waals surface area (Å²) in [4.78, 5) is 30.2. The third-order valence-electron chi connectivity index (χ3n) is 3.15. The van der Waals surface area contributed by atoms with Crippen molar-refractivity contribution in [1.29, 1.82) is 0 Å². The lowest BCUT2D eigenvalue weighted by Crippen LogP contribution is -2.26. The van der Waals surface area contributed by atoms with Gasteiger partial charge < -0.3 is 5.73 Å². The predicted molar refractivity (Wildman–Crippen MR) is 88.1 cm³/mol. The molecule has 2 rings (SSSR count).